The van der Waals surface area contributed by atoms with Crippen LogP contribution in [0.5, 0.6) is 5.75 Å². The summed E-state index contributed by atoms with van der Waals surface area (Å²) < 4.78 is 6.16. The molecule has 1 aliphatic rings. The maximum absolute atomic E-state index is 12.7. The Labute approximate surface area is 175 Å². The fraction of sp³-hybridized carbons (Fsp3) is 0.480. The summed E-state index contributed by atoms with van der Waals surface area (Å²) >= 11 is 0. The lowest BCUT2D eigenvalue weighted by atomic mass is 9.86. The largest absolute Gasteiger partial charge is 0.492 e. The van der Waals surface area contributed by atoms with Gasteiger partial charge in [-0.15, -0.1) is 0 Å². The van der Waals surface area contributed by atoms with Crippen molar-refractivity contribution in [1.29, 1.82) is 0 Å². The summed E-state index contributed by atoms with van der Waals surface area (Å²) in [6.45, 7) is 16.7. The zero-order valence-electron chi connectivity index (χ0n) is 18.8. The van der Waals surface area contributed by atoms with Crippen molar-refractivity contribution >= 4 is 11.7 Å². The Balaban J connectivity index is 2.02. The van der Waals surface area contributed by atoms with Crippen LogP contribution in [0, 0.1) is 20.8 Å². The van der Waals surface area contributed by atoms with Crippen molar-refractivity contribution in [2.45, 2.75) is 60.3 Å². The molecule has 1 heterocycles. The predicted molar refractivity (Wildman–Crippen MR) is 120 cm³/mol. The second-order valence-electron chi connectivity index (χ2n) is 8.28. The van der Waals surface area contributed by atoms with Crippen LogP contribution in [-0.4, -0.2) is 30.6 Å². The predicted octanol–water partition coefficient (Wildman–Crippen LogP) is 6.13. The molecule has 0 saturated heterocycles. The highest BCUT2D eigenvalue weighted by atomic mass is 16.5. The Kier molecular flexibility index (Phi) is 6.21. The van der Waals surface area contributed by atoms with E-state index in [2.05, 4.69) is 64.2 Å². The van der Waals surface area contributed by atoms with E-state index in [9.17, 15) is 4.79 Å². The highest BCUT2D eigenvalue weighted by Gasteiger charge is 2.32. The first kappa shape index (κ1) is 21.2. The number of nitrogens with zero attached hydrogens (tertiary/aromatic N) is 1. The number of amides is 2. The van der Waals surface area contributed by atoms with Gasteiger partial charge in [-0.05, 0) is 68.4 Å². The zero-order chi connectivity index (χ0) is 21.3. The van der Waals surface area contributed by atoms with Gasteiger partial charge in [-0.1, -0.05) is 38.1 Å². The molecule has 29 heavy (non-hydrogen) atoms. The number of ether oxygens (including phenoxy) is 1. The number of benzene rings is 2. The number of nitrogens with one attached hydrogen (secondary N) is 1. The average Bonchev–Trinajstić information content (AvgIpc) is 3.16. The third-order valence-corrected chi connectivity index (χ3v) is 6.33. The van der Waals surface area contributed by atoms with E-state index in [4.69, 9.17) is 4.74 Å². The van der Waals surface area contributed by atoms with Gasteiger partial charge in [0.2, 0.25) is 0 Å². The van der Waals surface area contributed by atoms with Crippen LogP contribution in [0.4, 0.5) is 10.5 Å². The van der Waals surface area contributed by atoms with Crippen molar-refractivity contribution in [3.63, 3.8) is 0 Å². The van der Waals surface area contributed by atoms with Gasteiger partial charge in [0.05, 0.1) is 6.61 Å². The number of carbonyl (C=O) groups is 1. The van der Waals surface area contributed by atoms with Gasteiger partial charge in [0.15, 0.2) is 0 Å². The van der Waals surface area contributed by atoms with Crippen LogP contribution in [0.2, 0.25) is 0 Å². The molecule has 1 atom stereocenters. The molecule has 4 nitrogen and oxygen atoms in total. The molecule has 156 valence electrons. The second-order valence-corrected chi connectivity index (χ2v) is 8.28. The summed E-state index contributed by atoms with van der Waals surface area (Å²) in [4.78, 5) is 14.5. The van der Waals surface area contributed by atoms with Crippen LogP contribution >= 0.6 is 0 Å². The molecule has 2 aromatic carbocycles. The Morgan fingerprint density at radius 2 is 1.69 bits per heavy atom. The topological polar surface area (TPSA) is 41.6 Å². The summed E-state index contributed by atoms with van der Waals surface area (Å²) in [5, 5.41) is 3.18. The van der Waals surface area contributed by atoms with E-state index in [0.29, 0.717) is 25.6 Å². The van der Waals surface area contributed by atoms with Crippen molar-refractivity contribution in [3.05, 3.63) is 57.6 Å². The Morgan fingerprint density at radius 1 is 1.07 bits per heavy atom. The smallest absolute Gasteiger partial charge is 0.321 e. The van der Waals surface area contributed by atoms with E-state index >= 15 is 0 Å². The molecule has 0 bridgehead atoms. The van der Waals surface area contributed by atoms with Gasteiger partial charge in [0.1, 0.15) is 5.75 Å². The van der Waals surface area contributed by atoms with Gasteiger partial charge in [-0.2, -0.15) is 0 Å². The Hall–Kier alpha value is -2.49. The van der Waals surface area contributed by atoms with Gasteiger partial charge in [-0.25, -0.2) is 4.79 Å². The van der Waals surface area contributed by atoms with E-state index in [1.165, 1.54) is 16.7 Å². The molecular formula is C25H34N2O2. The number of carbonyl (C=O) groups excluding carboxylic acids is 1. The van der Waals surface area contributed by atoms with Crippen LogP contribution in [0.15, 0.2) is 24.3 Å². The molecule has 2 aromatic rings. The summed E-state index contributed by atoms with van der Waals surface area (Å²) in [6.07, 6.45) is 0. The van der Waals surface area contributed by atoms with E-state index in [1.807, 2.05) is 13.8 Å². The molecule has 0 saturated carbocycles. The number of fused-ring (bicyclic) bond motifs is 1. The Morgan fingerprint density at radius 3 is 2.24 bits per heavy atom. The number of anilines is 1. The van der Waals surface area contributed by atoms with Crippen LogP contribution < -0.4 is 10.1 Å². The highest BCUT2D eigenvalue weighted by molar-refractivity contribution is 5.92. The van der Waals surface area contributed by atoms with Crippen LogP contribution in [0.3, 0.4) is 0 Å². The first-order chi connectivity index (χ1) is 13.8. The summed E-state index contributed by atoms with van der Waals surface area (Å²) in [5.74, 6) is 1.69. The maximum atomic E-state index is 12.7. The van der Waals surface area contributed by atoms with E-state index in [1.54, 1.807) is 4.90 Å². The number of hydrogen-bond acceptors (Lipinski definition) is 2. The molecule has 2 amide bonds. The first-order valence-electron chi connectivity index (χ1n) is 10.7. The van der Waals surface area contributed by atoms with Crippen molar-refractivity contribution in [3.8, 4) is 5.75 Å². The lowest BCUT2D eigenvalue weighted by molar-refractivity contribution is 0.217. The number of urea groups is 1. The molecule has 0 fully saturated rings. The quantitative estimate of drug-likeness (QED) is 0.662. The summed E-state index contributed by atoms with van der Waals surface area (Å²) in [7, 11) is 0. The van der Waals surface area contributed by atoms with Crippen molar-refractivity contribution in [2.75, 3.05) is 25.0 Å². The van der Waals surface area contributed by atoms with Crippen LogP contribution in [-0.2, 0) is 0 Å². The number of hydrogen-bond donors (Lipinski definition) is 1. The van der Waals surface area contributed by atoms with Gasteiger partial charge in [0.25, 0.3) is 0 Å². The minimum Gasteiger partial charge on any atom is -0.492 e. The molecule has 0 aromatic heterocycles. The van der Waals surface area contributed by atoms with Crippen LogP contribution in [0.1, 0.15) is 72.9 Å². The number of rotatable bonds is 5. The Bertz CT molecular complexity index is 896. The standard InChI is InChI=1S/C25H34N2O2/c1-8-27(9-2)25(28)26-23-16(5)17(6)24-22(18(23)7)21(14-29-24)20-12-10-19(11-13-20)15(3)4/h10-13,15,21H,8-9,14H2,1-7H3,(H,26,28). The van der Waals surface area contributed by atoms with Crippen molar-refractivity contribution < 1.29 is 9.53 Å². The van der Waals surface area contributed by atoms with Gasteiger partial charge in [-0.3, -0.25) is 0 Å². The lowest BCUT2D eigenvalue weighted by Crippen LogP contribution is -2.35. The third-order valence-electron chi connectivity index (χ3n) is 6.33. The molecule has 1 unspecified atom stereocenters. The monoisotopic (exact) mass is 394 g/mol. The molecule has 4 heteroatoms. The van der Waals surface area contributed by atoms with Gasteiger partial charge >= 0.3 is 6.03 Å². The highest BCUT2D eigenvalue weighted by Crippen LogP contribution is 2.46. The van der Waals surface area contributed by atoms with Crippen LogP contribution in [0.25, 0.3) is 0 Å². The summed E-state index contributed by atoms with van der Waals surface area (Å²) in [5.41, 5.74) is 8.04. The molecule has 3 rings (SSSR count). The van der Waals surface area contributed by atoms with E-state index in [-0.39, 0.29) is 11.9 Å². The van der Waals surface area contributed by atoms with E-state index < -0.39 is 0 Å². The average molecular weight is 395 g/mol. The SMILES string of the molecule is CCN(CC)C(=O)Nc1c(C)c(C)c2c(c1C)C(c1ccc(C(C)C)cc1)CO2. The molecular weight excluding hydrogens is 360 g/mol. The van der Waals surface area contributed by atoms with E-state index in [0.717, 1.165) is 28.1 Å². The minimum atomic E-state index is -0.0442. The first-order valence-corrected chi connectivity index (χ1v) is 10.7. The molecule has 0 radical (unpaired) electrons. The molecule has 1 aliphatic heterocycles. The fourth-order valence-corrected chi connectivity index (χ4v) is 4.26. The molecule has 0 aliphatic carbocycles. The molecule has 1 N–H and O–H groups in total. The van der Waals surface area contributed by atoms with Crippen molar-refractivity contribution in [2.24, 2.45) is 0 Å². The minimum absolute atomic E-state index is 0.0442. The fourth-order valence-electron chi connectivity index (χ4n) is 4.26. The third kappa shape index (κ3) is 3.85. The van der Waals surface area contributed by atoms with Gasteiger partial charge < -0.3 is 15.0 Å². The zero-order valence-corrected chi connectivity index (χ0v) is 18.8. The lowest BCUT2D eigenvalue weighted by Gasteiger charge is -2.24. The maximum Gasteiger partial charge on any atom is 0.321 e. The summed E-state index contributed by atoms with van der Waals surface area (Å²) in [6, 6.07) is 8.84. The van der Waals surface area contributed by atoms with Gasteiger partial charge in [0, 0.05) is 30.3 Å². The molecule has 0 spiro atoms. The second kappa shape index (κ2) is 8.48. The normalized spacial score (nSPS) is 15.2. The van der Waals surface area contributed by atoms with Crippen molar-refractivity contribution in [1.82, 2.24) is 4.90 Å².